The summed E-state index contributed by atoms with van der Waals surface area (Å²) in [5.74, 6) is -19.4. The van der Waals surface area contributed by atoms with E-state index in [0.717, 1.165) is 5.56 Å². The second-order valence-electron chi connectivity index (χ2n) is 32.2. The van der Waals surface area contributed by atoms with Crippen LogP contribution in [0.25, 0.3) is 0 Å². The smallest absolute Gasteiger partial charge is 0.246 e. The van der Waals surface area contributed by atoms with E-state index >= 15 is 0 Å². The first kappa shape index (κ1) is 112. The number of amides is 19. The maximum absolute atomic E-state index is 14.7. The van der Waals surface area contributed by atoms with E-state index in [1.807, 2.05) is 0 Å². The van der Waals surface area contributed by atoms with Crippen LogP contribution in [0.5, 0.6) is 0 Å². The van der Waals surface area contributed by atoms with Gasteiger partial charge in [-0.05, 0) is 147 Å². The Balaban J connectivity index is 1.81. The molecule has 49 nitrogen and oxygen atoms in total. The molecule has 0 bridgehead atoms. The SMILES string of the molecule is CC(C)C[C@H](NC(=O)[C@H](CCCCN)NC(=O)[C@H](CCCNC(=N)N)NC(=O)[C@H](C)NC(=O)[C@H](CO)NC(=O)[C@H](CCCCN)NC(=O)[C@H](CCCNC(=N)N)NC(=O)C1(NC(=O)CNC(=O)[C@@H](NC(=O)[C@H](Cc2ccccc2)NC(=O)CNC(=O)CNC(=O)[C@@H](N)Cc2ccccc2)[C@@H](C)O)CCCC1)C(=O)N[C@@H](C)C(=O)N[C@@H](CC(N)=O)C(=O)N[C@@H](CCC(N)=O)C(N)=O. The highest BCUT2D eigenvalue weighted by atomic mass is 16.3. The van der Waals surface area contributed by atoms with E-state index in [0.29, 0.717) is 31.2 Å². The molecule has 19 amide bonds. The monoisotopic (exact) mass is 1850 g/mol. The molecule has 0 saturated heterocycles. The minimum Gasteiger partial charge on any atom is -0.394 e. The van der Waals surface area contributed by atoms with Crippen LogP contribution in [-0.4, -0.2) is 277 Å². The highest BCUT2D eigenvalue weighted by Gasteiger charge is 2.45. The number of nitrogens with two attached hydrogens (primary N) is 8. The molecule has 0 radical (unpaired) electrons. The van der Waals surface area contributed by atoms with Gasteiger partial charge in [0.25, 0.3) is 0 Å². The van der Waals surface area contributed by atoms with E-state index in [2.05, 4.69) is 95.7 Å². The third-order valence-electron chi connectivity index (χ3n) is 20.6. The summed E-state index contributed by atoms with van der Waals surface area (Å²) in [4.78, 5) is 258. The molecule has 1 fully saturated rings. The van der Waals surface area contributed by atoms with Gasteiger partial charge in [0.2, 0.25) is 112 Å². The highest BCUT2D eigenvalue weighted by Crippen LogP contribution is 2.30. The maximum atomic E-state index is 14.7. The van der Waals surface area contributed by atoms with Gasteiger partial charge in [0.15, 0.2) is 11.9 Å². The fraction of sp³-hybridized carbons (Fsp3) is 0.598. The summed E-state index contributed by atoms with van der Waals surface area (Å²) in [6, 6.07) is -2.40. The van der Waals surface area contributed by atoms with Gasteiger partial charge in [0, 0.05) is 25.9 Å². The Morgan fingerprint density at radius 1 is 0.397 bits per heavy atom. The zero-order valence-corrected chi connectivity index (χ0v) is 74.5. The lowest BCUT2D eigenvalue weighted by Gasteiger charge is -2.32. The van der Waals surface area contributed by atoms with Crippen molar-refractivity contribution in [1.29, 1.82) is 10.8 Å². The normalized spacial score (nSPS) is 15.1. The molecule has 0 heterocycles. The minimum absolute atomic E-state index is 0.00228. The lowest BCUT2D eigenvalue weighted by Crippen LogP contribution is -2.63. The van der Waals surface area contributed by atoms with Crippen LogP contribution in [0.4, 0.5) is 0 Å². The number of aliphatic hydroxyl groups excluding tert-OH is 2. The first-order valence-electron chi connectivity index (χ1n) is 43.2. The summed E-state index contributed by atoms with van der Waals surface area (Å²) in [6.07, 6.45) is -1.84. The van der Waals surface area contributed by atoms with Crippen LogP contribution in [0.2, 0.25) is 0 Å². The molecule has 1 aliphatic rings. The van der Waals surface area contributed by atoms with Crippen molar-refractivity contribution < 1.29 is 101 Å². The molecule has 131 heavy (non-hydrogen) atoms. The van der Waals surface area contributed by atoms with Crippen LogP contribution in [-0.2, 0) is 104 Å². The number of carbonyl (C=O) groups is 19. The number of benzene rings is 2. The van der Waals surface area contributed by atoms with Gasteiger partial charge < -0.3 is 152 Å². The zero-order chi connectivity index (χ0) is 98.0. The van der Waals surface area contributed by atoms with Crippen molar-refractivity contribution in [3.05, 3.63) is 71.8 Å². The van der Waals surface area contributed by atoms with Crippen molar-refractivity contribution in [2.45, 2.75) is 253 Å². The van der Waals surface area contributed by atoms with E-state index in [4.69, 9.17) is 56.7 Å². The fourth-order valence-electron chi connectivity index (χ4n) is 13.4. The van der Waals surface area contributed by atoms with E-state index in [9.17, 15) is 101 Å². The predicted octanol–water partition coefficient (Wildman–Crippen LogP) is -10.7. The van der Waals surface area contributed by atoms with Crippen molar-refractivity contribution in [3.63, 3.8) is 0 Å². The van der Waals surface area contributed by atoms with Crippen LogP contribution >= 0.6 is 0 Å². The standard InChI is InChI=1S/C82H134N28O21/c1-44(2)36-56(74(126)98-46(4)68(120)105-58(39-61(87)114)75(127)101-51(66(88)118)28-29-60(86)113)106-71(123)52(24-12-16-32-83)103-70(122)54(26-18-34-93-80(89)90)102-67(119)45(3)99-77(129)59(43-111)107-72(124)53(25-13-17-33-84)104-73(125)55(27-19-35-94-81(91)92)108-79(131)82(30-14-15-31-82)110-64(117)42-97-78(130)65(47(5)112)109-76(128)57(38-49-22-10-7-11-23-49)100-63(116)41-95-62(115)40-96-69(121)50(85)37-48-20-8-6-9-21-48/h6-11,20-23,44-47,50-59,65,111-112H,12-19,24-43,83-85H2,1-5H3,(H2,86,113)(H2,87,114)(H2,88,118)(H,95,115)(H,96,121)(H,97,130)(H,98,126)(H,99,129)(H,100,116)(H,101,127)(H,102,119)(H,103,122)(H,104,125)(H,105,120)(H,106,123)(H,107,124)(H,108,131)(H,109,128)(H,110,117)(H4,89,90,93)(H4,91,92,94)/t45-,46-,47+,50-,51-,52-,53-,54-,55-,56-,57-,58-,59-,65-/m0/s1. The summed E-state index contributed by atoms with van der Waals surface area (Å²) in [5, 5.41) is 81.4. The summed E-state index contributed by atoms with van der Waals surface area (Å²) in [5.41, 5.74) is 44.2. The number of carbonyl (C=O) groups excluding carboxylic acids is 19. The van der Waals surface area contributed by atoms with Gasteiger partial charge in [-0.25, -0.2) is 0 Å². The van der Waals surface area contributed by atoms with Crippen LogP contribution in [0, 0.1) is 16.7 Å². The highest BCUT2D eigenvalue weighted by molar-refractivity contribution is 6.02. The lowest BCUT2D eigenvalue weighted by atomic mass is 9.95. The largest absolute Gasteiger partial charge is 0.394 e. The molecule has 728 valence electrons. The number of nitrogens with one attached hydrogen (secondary N) is 20. The van der Waals surface area contributed by atoms with E-state index in [1.54, 1.807) is 74.5 Å². The number of primary amides is 3. The first-order chi connectivity index (χ1) is 61.9. The van der Waals surface area contributed by atoms with Crippen molar-refractivity contribution in [3.8, 4) is 0 Å². The van der Waals surface area contributed by atoms with Crippen molar-refractivity contribution >= 4 is 124 Å². The van der Waals surface area contributed by atoms with Crippen LogP contribution in [0.1, 0.15) is 161 Å². The van der Waals surface area contributed by atoms with Crippen LogP contribution in [0.3, 0.4) is 0 Å². The summed E-state index contributed by atoms with van der Waals surface area (Å²) in [7, 11) is 0. The summed E-state index contributed by atoms with van der Waals surface area (Å²) in [6.45, 7) is 4.11. The van der Waals surface area contributed by atoms with Gasteiger partial charge in [0.1, 0.15) is 78.0 Å². The Morgan fingerprint density at radius 3 is 1.26 bits per heavy atom. The van der Waals surface area contributed by atoms with Crippen molar-refractivity contribution in [2.75, 3.05) is 52.4 Å². The van der Waals surface area contributed by atoms with Crippen LogP contribution < -0.4 is 142 Å². The topological polar surface area (TPSA) is 837 Å². The minimum atomic E-state index is -1.85. The molecule has 2 aromatic carbocycles. The van der Waals surface area contributed by atoms with Gasteiger partial charge in [-0.1, -0.05) is 87.4 Å². The Labute approximate surface area is 758 Å². The van der Waals surface area contributed by atoms with E-state index in [1.165, 1.54) is 20.8 Å². The Kier molecular flexibility index (Phi) is 50.4. The molecule has 0 unspecified atom stereocenters. The van der Waals surface area contributed by atoms with Crippen molar-refractivity contribution in [1.82, 2.24) is 95.7 Å². The molecule has 38 N–H and O–H groups in total. The molecule has 2 aromatic rings. The lowest BCUT2D eigenvalue weighted by molar-refractivity contribution is -0.138. The molecule has 1 saturated carbocycles. The zero-order valence-electron chi connectivity index (χ0n) is 74.5. The van der Waals surface area contributed by atoms with Gasteiger partial charge in [-0.15, -0.1) is 0 Å². The molecule has 1 aliphatic carbocycles. The second kappa shape index (κ2) is 59.0. The van der Waals surface area contributed by atoms with E-state index in [-0.39, 0.29) is 128 Å². The van der Waals surface area contributed by atoms with E-state index < -0.39 is 247 Å². The molecular weight excluding hydrogens is 1710 g/mol. The van der Waals surface area contributed by atoms with Gasteiger partial charge in [-0.3, -0.25) is 102 Å². The number of rotatable bonds is 62. The number of unbranched alkanes of at least 4 members (excludes halogenated alkanes) is 2. The molecule has 14 atom stereocenters. The Bertz CT molecular complexity index is 4200. The Morgan fingerprint density at radius 2 is 0.802 bits per heavy atom. The maximum Gasteiger partial charge on any atom is 0.246 e. The number of hydrogen-bond donors (Lipinski definition) is 30. The predicted molar refractivity (Wildman–Crippen MR) is 475 cm³/mol. The molecule has 49 heteroatoms. The number of hydrogen-bond acceptors (Lipinski definition) is 26. The van der Waals surface area contributed by atoms with Gasteiger partial charge >= 0.3 is 0 Å². The first-order valence-corrected chi connectivity index (χ1v) is 43.2. The van der Waals surface area contributed by atoms with Crippen molar-refractivity contribution in [2.24, 2.45) is 51.8 Å². The molecule has 0 aliphatic heterocycles. The fourth-order valence-corrected chi connectivity index (χ4v) is 13.4. The quantitative estimate of drug-likeness (QED) is 0.0166. The average Bonchev–Trinajstić information content (AvgIpc) is 1.70. The molecule has 0 aromatic heterocycles. The number of aliphatic hydroxyl groups is 2. The van der Waals surface area contributed by atoms with Crippen LogP contribution in [0.15, 0.2) is 60.7 Å². The molecular formula is C82H134N28O21. The summed E-state index contributed by atoms with van der Waals surface area (Å²) >= 11 is 0. The average molecular weight is 1850 g/mol. The third kappa shape index (κ3) is 43.1. The van der Waals surface area contributed by atoms with Gasteiger partial charge in [-0.2, -0.15) is 0 Å². The van der Waals surface area contributed by atoms with Gasteiger partial charge in [0.05, 0.1) is 44.8 Å². The third-order valence-corrected chi connectivity index (χ3v) is 20.6. The molecule has 3 rings (SSSR count). The summed E-state index contributed by atoms with van der Waals surface area (Å²) < 4.78 is 0. The Hall–Kier alpha value is -13.3. The number of guanidine groups is 2. The second-order valence-corrected chi connectivity index (χ2v) is 32.2. The molecule has 0 spiro atoms.